The number of aromatic amines is 1. The Kier molecular flexibility index (Phi) is 2.45. The van der Waals surface area contributed by atoms with Gasteiger partial charge in [0.05, 0.1) is 19.0 Å². The van der Waals surface area contributed by atoms with E-state index in [1.54, 1.807) is 7.11 Å². The van der Waals surface area contributed by atoms with Gasteiger partial charge < -0.3 is 4.74 Å². The Labute approximate surface area is 86.1 Å². The van der Waals surface area contributed by atoms with Gasteiger partial charge in [-0.15, -0.1) is 4.91 Å². The number of ether oxygens (including phenoxy) is 1. The van der Waals surface area contributed by atoms with Gasteiger partial charge in [-0.1, -0.05) is 12.1 Å². The molecule has 1 N–H and O–H groups in total. The molecule has 0 spiro atoms. The van der Waals surface area contributed by atoms with Crippen LogP contribution in [0.25, 0.3) is 11.3 Å². The van der Waals surface area contributed by atoms with Gasteiger partial charge in [-0.2, -0.15) is 5.10 Å². The first-order valence-corrected chi connectivity index (χ1v) is 4.36. The lowest BCUT2D eigenvalue weighted by Crippen LogP contribution is -1.84. The average molecular weight is 203 g/mol. The Morgan fingerprint density at radius 3 is 3.07 bits per heavy atom. The van der Waals surface area contributed by atoms with Gasteiger partial charge in [0.25, 0.3) is 0 Å². The van der Waals surface area contributed by atoms with Crippen LogP contribution in [0.3, 0.4) is 0 Å². The third-order valence-corrected chi connectivity index (χ3v) is 2.08. The summed E-state index contributed by atoms with van der Waals surface area (Å²) in [5.74, 6) is 0.721. The van der Waals surface area contributed by atoms with Crippen LogP contribution in [0, 0.1) is 4.91 Å². The first-order valence-electron chi connectivity index (χ1n) is 4.36. The molecule has 5 heteroatoms. The predicted octanol–water partition coefficient (Wildman–Crippen LogP) is 2.48. The van der Waals surface area contributed by atoms with Crippen molar-refractivity contribution >= 4 is 5.69 Å². The Morgan fingerprint density at radius 1 is 1.47 bits per heavy atom. The molecule has 0 saturated heterocycles. The first-order chi connectivity index (χ1) is 7.35. The normalized spacial score (nSPS) is 9.93. The molecular weight excluding hydrogens is 194 g/mol. The van der Waals surface area contributed by atoms with E-state index in [2.05, 4.69) is 15.4 Å². The highest BCUT2D eigenvalue weighted by Crippen LogP contribution is 2.29. The fraction of sp³-hybridized carbons (Fsp3) is 0.100. The van der Waals surface area contributed by atoms with Crippen molar-refractivity contribution in [2.75, 3.05) is 7.11 Å². The van der Waals surface area contributed by atoms with Crippen LogP contribution >= 0.6 is 0 Å². The molecule has 0 saturated carbocycles. The molecule has 1 aromatic carbocycles. The van der Waals surface area contributed by atoms with Gasteiger partial charge in [-0.3, -0.25) is 5.10 Å². The lowest BCUT2D eigenvalue weighted by Gasteiger charge is -2.02. The van der Waals surface area contributed by atoms with Gasteiger partial charge in [-0.05, 0) is 17.3 Å². The molecular formula is C10H9N3O2. The summed E-state index contributed by atoms with van der Waals surface area (Å²) in [7, 11) is 1.59. The summed E-state index contributed by atoms with van der Waals surface area (Å²) >= 11 is 0. The zero-order chi connectivity index (χ0) is 10.7. The Hall–Kier alpha value is -2.17. The second-order valence-corrected chi connectivity index (χ2v) is 2.95. The number of hydrogen-bond donors (Lipinski definition) is 1. The van der Waals surface area contributed by atoms with E-state index in [4.69, 9.17) is 4.74 Å². The molecule has 0 radical (unpaired) electrons. The number of H-pyrrole nitrogens is 1. The van der Waals surface area contributed by atoms with Crippen LogP contribution in [-0.4, -0.2) is 17.3 Å². The van der Waals surface area contributed by atoms with Crippen LogP contribution in [0.15, 0.2) is 35.6 Å². The van der Waals surface area contributed by atoms with E-state index in [1.807, 2.05) is 24.3 Å². The molecule has 0 fully saturated rings. The minimum Gasteiger partial charge on any atom is -0.497 e. The standard InChI is InChI=1S/C10H9N3O2/c1-15-8-4-2-3-7(5-8)10-9(13-14)6-11-12-10/h2-6H,1H3,(H,11,12). The Bertz CT molecular complexity index is 479. The molecule has 0 aliphatic carbocycles. The third-order valence-electron chi connectivity index (χ3n) is 2.08. The van der Waals surface area contributed by atoms with Gasteiger partial charge in [0, 0.05) is 5.56 Å². The molecule has 2 aromatic rings. The van der Waals surface area contributed by atoms with Gasteiger partial charge in [0.1, 0.15) is 5.75 Å². The molecule has 1 heterocycles. The zero-order valence-electron chi connectivity index (χ0n) is 8.10. The van der Waals surface area contributed by atoms with Crippen LogP contribution in [-0.2, 0) is 0 Å². The summed E-state index contributed by atoms with van der Waals surface area (Å²) in [5, 5.41) is 9.37. The summed E-state index contributed by atoms with van der Waals surface area (Å²) in [6, 6.07) is 7.32. The van der Waals surface area contributed by atoms with Crippen molar-refractivity contribution in [3.05, 3.63) is 35.4 Å². The number of rotatable bonds is 3. The Balaban J connectivity index is 2.48. The molecule has 0 amide bonds. The second kappa shape index (κ2) is 3.91. The third kappa shape index (κ3) is 1.71. The highest BCUT2D eigenvalue weighted by molar-refractivity contribution is 5.72. The fourth-order valence-corrected chi connectivity index (χ4v) is 1.34. The smallest absolute Gasteiger partial charge is 0.153 e. The molecule has 2 rings (SSSR count). The number of nitrogens with one attached hydrogen (secondary N) is 1. The number of methoxy groups -OCH3 is 1. The molecule has 0 atom stereocenters. The van der Waals surface area contributed by atoms with Crippen molar-refractivity contribution < 1.29 is 4.74 Å². The van der Waals surface area contributed by atoms with Crippen molar-refractivity contribution in [2.45, 2.75) is 0 Å². The molecule has 76 valence electrons. The van der Waals surface area contributed by atoms with Crippen LogP contribution in [0.4, 0.5) is 5.69 Å². The van der Waals surface area contributed by atoms with Crippen LogP contribution in [0.5, 0.6) is 5.75 Å². The van der Waals surface area contributed by atoms with E-state index in [-0.39, 0.29) is 0 Å². The van der Waals surface area contributed by atoms with Gasteiger partial charge >= 0.3 is 0 Å². The monoisotopic (exact) mass is 203 g/mol. The van der Waals surface area contributed by atoms with Crippen molar-refractivity contribution in [3.8, 4) is 17.0 Å². The predicted molar refractivity (Wildman–Crippen MR) is 56.0 cm³/mol. The highest BCUT2D eigenvalue weighted by atomic mass is 16.5. The Morgan fingerprint density at radius 2 is 2.33 bits per heavy atom. The number of nitrogens with zero attached hydrogens (tertiary/aromatic N) is 2. The van der Waals surface area contributed by atoms with E-state index >= 15 is 0 Å². The first kappa shape index (κ1) is 9.39. The number of benzene rings is 1. The van der Waals surface area contributed by atoms with Gasteiger partial charge in [-0.25, -0.2) is 0 Å². The fourth-order valence-electron chi connectivity index (χ4n) is 1.34. The largest absolute Gasteiger partial charge is 0.497 e. The minimum absolute atomic E-state index is 0.295. The number of aromatic nitrogens is 2. The van der Waals surface area contributed by atoms with E-state index in [9.17, 15) is 4.91 Å². The lowest BCUT2D eigenvalue weighted by atomic mass is 10.1. The van der Waals surface area contributed by atoms with E-state index in [0.717, 1.165) is 11.3 Å². The van der Waals surface area contributed by atoms with Crippen LogP contribution in [0.1, 0.15) is 0 Å². The van der Waals surface area contributed by atoms with Crippen molar-refractivity contribution in [2.24, 2.45) is 5.18 Å². The quantitative estimate of drug-likeness (QED) is 0.779. The molecule has 1 aromatic heterocycles. The molecule has 0 aliphatic heterocycles. The van der Waals surface area contributed by atoms with E-state index in [0.29, 0.717) is 11.4 Å². The summed E-state index contributed by atoms with van der Waals surface area (Å²) in [4.78, 5) is 10.5. The molecule has 15 heavy (non-hydrogen) atoms. The maximum Gasteiger partial charge on any atom is 0.153 e. The van der Waals surface area contributed by atoms with E-state index in [1.165, 1.54) is 6.20 Å². The van der Waals surface area contributed by atoms with Crippen molar-refractivity contribution in [1.29, 1.82) is 0 Å². The summed E-state index contributed by atoms with van der Waals surface area (Å²) in [5.41, 5.74) is 1.72. The van der Waals surface area contributed by atoms with Crippen LogP contribution < -0.4 is 4.74 Å². The average Bonchev–Trinajstić information content (AvgIpc) is 2.77. The number of nitroso groups, excluding NO2 is 1. The zero-order valence-corrected chi connectivity index (χ0v) is 8.10. The summed E-state index contributed by atoms with van der Waals surface area (Å²) in [6.45, 7) is 0. The topological polar surface area (TPSA) is 67.3 Å². The second-order valence-electron chi connectivity index (χ2n) is 2.95. The van der Waals surface area contributed by atoms with E-state index < -0.39 is 0 Å². The summed E-state index contributed by atoms with van der Waals surface area (Å²) < 4.78 is 5.08. The maximum absolute atomic E-state index is 10.5. The molecule has 0 aliphatic rings. The number of hydrogen-bond acceptors (Lipinski definition) is 4. The lowest BCUT2D eigenvalue weighted by molar-refractivity contribution is 0.415. The van der Waals surface area contributed by atoms with Crippen LogP contribution in [0.2, 0.25) is 0 Å². The summed E-state index contributed by atoms with van der Waals surface area (Å²) in [6.07, 6.45) is 1.39. The van der Waals surface area contributed by atoms with Gasteiger partial charge in [0.15, 0.2) is 5.69 Å². The van der Waals surface area contributed by atoms with Crippen molar-refractivity contribution in [1.82, 2.24) is 10.2 Å². The maximum atomic E-state index is 10.5. The van der Waals surface area contributed by atoms with Gasteiger partial charge in [0.2, 0.25) is 0 Å². The minimum atomic E-state index is 0.295. The SMILES string of the molecule is COc1cccc(-c2[nH]ncc2N=O)c1. The van der Waals surface area contributed by atoms with Crippen molar-refractivity contribution in [3.63, 3.8) is 0 Å². The molecule has 0 unspecified atom stereocenters. The highest BCUT2D eigenvalue weighted by Gasteiger charge is 2.08. The molecule has 5 nitrogen and oxygen atoms in total. The molecule has 0 bridgehead atoms.